The van der Waals surface area contributed by atoms with Crippen LogP contribution >= 0.6 is 7.82 Å². The maximum atomic E-state index is 12.7. The third kappa shape index (κ3) is 25.2. The Morgan fingerprint density at radius 1 is 0.843 bits per heavy atom. The standard InChI is InChI=1S/C39H72NO10P/c1-3-5-7-8-9-10-11-12-13-14-15-16-17-21-28-47-31-34(32-49-51(45,46)48-29-27-40)50-39(44)24-20-19-23-35-36(38(43)30-37(35)42)26-25-33(41)22-18-6-4-2/h19-21,25-26,28,33-38,41-43H,3-18,22-24,27,29-32,40H2,1-2H3,(H,45,46)/b20-19-,26-25+,28-21+/t33-,34-,35+,36-,37+,38-/m1/s1. The molecule has 7 atom stereocenters. The Kier molecular flexibility index (Phi) is 28.7. The lowest BCUT2D eigenvalue weighted by atomic mass is 9.89. The first-order valence-electron chi connectivity index (χ1n) is 19.8. The summed E-state index contributed by atoms with van der Waals surface area (Å²) in [5.41, 5.74) is 5.34. The molecular formula is C39H72NO10P. The fourth-order valence-corrected chi connectivity index (χ4v) is 7.00. The van der Waals surface area contributed by atoms with E-state index in [4.69, 9.17) is 24.3 Å². The van der Waals surface area contributed by atoms with Crippen LogP contribution in [0.4, 0.5) is 0 Å². The van der Waals surface area contributed by atoms with Gasteiger partial charge in [-0.1, -0.05) is 128 Å². The van der Waals surface area contributed by atoms with Crippen molar-refractivity contribution in [1.29, 1.82) is 0 Å². The summed E-state index contributed by atoms with van der Waals surface area (Å²) in [6.45, 7) is 3.74. The van der Waals surface area contributed by atoms with Gasteiger partial charge < -0.3 is 35.4 Å². The molecule has 1 fully saturated rings. The van der Waals surface area contributed by atoms with Gasteiger partial charge in [-0.15, -0.1) is 0 Å². The molecule has 0 aliphatic heterocycles. The van der Waals surface area contributed by atoms with Gasteiger partial charge in [-0.25, -0.2) is 4.57 Å². The van der Waals surface area contributed by atoms with Gasteiger partial charge >= 0.3 is 13.8 Å². The van der Waals surface area contributed by atoms with E-state index in [1.165, 1.54) is 64.2 Å². The molecule has 1 saturated carbocycles. The van der Waals surface area contributed by atoms with Crippen LogP contribution in [0.3, 0.4) is 0 Å². The van der Waals surface area contributed by atoms with Gasteiger partial charge in [0.25, 0.3) is 0 Å². The molecule has 1 aliphatic rings. The van der Waals surface area contributed by atoms with Gasteiger partial charge in [-0.05, 0) is 37.7 Å². The number of phosphoric ester groups is 1. The number of aliphatic hydroxyl groups excluding tert-OH is 3. The third-order valence-corrected chi connectivity index (χ3v) is 10.2. The highest BCUT2D eigenvalue weighted by atomic mass is 31.2. The first-order valence-corrected chi connectivity index (χ1v) is 21.3. The van der Waals surface area contributed by atoms with E-state index in [0.29, 0.717) is 12.8 Å². The average Bonchev–Trinajstić information content (AvgIpc) is 3.37. The molecule has 1 unspecified atom stereocenters. The van der Waals surface area contributed by atoms with Crippen molar-refractivity contribution in [2.24, 2.45) is 17.6 Å². The van der Waals surface area contributed by atoms with Gasteiger partial charge in [0.1, 0.15) is 6.61 Å². The van der Waals surface area contributed by atoms with Crippen molar-refractivity contribution in [3.8, 4) is 0 Å². The monoisotopic (exact) mass is 745 g/mol. The molecule has 0 spiro atoms. The summed E-state index contributed by atoms with van der Waals surface area (Å²) >= 11 is 0. The average molecular weight is 746 g/mol. The van der Waals surface area contributed by atoms with Gasteiger partial charge in [0.15, 0.2) is 6.10 Å². The Morgan fingerprint density at radius 2 is 1.47 bits per heavy atom. The Morgan fingerprint density at radius 3 is 2.12 bits per heavy atom. The summed E-state index contributed by atoms with van der Waals surface area (Å²) in [4.78, 5) is 22.6. The van der Waals surface area contributed by atoms with Crippen molar-refractivity contribution in [2.75, 3.05) is 26.4 Å². The number of rotatable bonds is 33. The molecule has 12 heteroatoms. The van der Waals surface area contributed by atoms with Crippen LogP contribution in [0.2, 0.25) is 0 Å². The topological polar surface area (TPSA) is 178 Å². The molecule has 6 N–H and O–H groups in total. The fraction of sp³-hybridized carbons (Fsp3) is 0.821. The van der Waals surface area contributed by atoms with Crippen LogP contribution in [0, 0.1) is 11.8 Å². The van der Waals surface area contributed by atoms with Crippen LogP contribution in [0.1, 0.15) is 142 Å². The van der Waals surface area contributed by atoms with E-state index in [1.807, 2.05) is 6.08 Å². The van der Waals surface area contributed by atoms with Gasteiger partial charge in [0, 0.05) is 18.9 Å². The van der Waals surface area contributed by atoms with Crippen LogP contribution < -0.4 is 5.73 Å². The van der Waals surface area contributed by atoms with E-state index < -0.39 is 44.8 Å². The molecule has 0 amide bonds. The molecule has 0 heterocycles. The van der Waals surface area contributed by atoms with Crippen LogP contribution in [0.5, 0.6) is 0 Å². The number of ether oxygens (including phenoxy) is 2. The Labute approximate surface area is 308 Å². The second-order valence-corrected chi connectivity index (χ2v) is 15.3. The molecule has 1 rings (SSSR count). The van der Waals surface area contributed by atoms with E-state index in [9.17, 15) is 29.6 Å². The van der Waals surface area contributed by atoms with Crippen molar-refractivity contribution >= 4 is 13.8 Å². The van der Waals surface area contributed by atoms with Gasteiger partial charge in [-0.3, -0.25) is 13.8 Å². The quantitative estimate of drug-likeness (QED) is 0.0146. The zero-order valence-electron chi connectivity index (χ0n) is 31.7. The highest BCUT2D eigenvalue weighted by Crippen LogP contribution is 2.43. The zero-order valence-corrected chi connectivity index (χ0v) is 32.6. The number of hydrogen-bond acceptors (Lipinski definition) is 10. The Balaban J connectivity index is 2.49. The Hall–Kier alpha value is -1.56. The van der Waals surface area contributed by atoms with Crippen LogP contribution in [-0.4, -0.2) is 77.0 Å². The van der Waals surface area contributed by atoms with Crippen molar-refractivity contribution < 1.29 is 48.1 Å². The lowest BCUT2D eigenvalue weighted by Gasteiger charge is -2.20. The maximum absolute atomic E-state index is 12.7. The van der Waals surface area contributed by atoms with Crippen molar-refractivity contribution in [3.05, 3.63) is 36.6 Å². The van der Waals surface area contributed by atoms with E-state index >= 15 is 0 Å². The first kappa shape index (κ1) is 47.5. The fourth-order valence-electron chi connectivity index (χ4n) is 6.23. The van der Waals surface area contributed by atoms with Crippen molar-refractivity contribution in [2.45, 2.75) is 167 Å². The second-order valence-electron chi connectivity index (χ2n) is 13.9. The zero-order chi connectivity index (χ0) is 37.6. The molecule has 0 aromatic carbocycles. The van der Waals surface area contributed by atoms with E-state index in [-0.39, 0.29) is 44.4 Å². The highest BCUT2D eigenvalue weighted by Gasteiger charge is 2.39. The van der Waals surface area contributed by atoms with Crippen LogP contribution in [0.15, 0.2) is 36.6 Å². The molecule has 51 heavy (non-hydrogen) atoms. The third-order valence-electron chi connectivity index (χ3n) is 9.23. The summed E-state index contributed by atoms with van der Waals surface area (Å²) in [6.07, 6.45) is 28.1. The summed E-state index contributed by atoms with van der Waals surface area (Å²) in [5.74, 6) is -1.15. The van der Waals surface area contributed by atoms with Gasteiger partial charge in [0.2, 0.25) is 0 Å². The normalized spacial score (nSPS) is 21.9. The minimum atomic E-state index is -4.38. The molecule has 0 radical (unpaired) electrons. The smallest absolute Gasteiger partial charge is 0.472 e. The molecule has 0 bridgehead atoms. The number of phosphoric acid groups is 1. The molecule has 298 valence electrons. The van der Waals surface area contributed by atoms with E-state index in [1.54, 1.807) is 30.6 Å². The second kappa shape index (κ2) is 30.9. The van der Waals surface area contributed by atoms with Gasteiger partial charge in [0.05, 0.1) is 44.2 Å². The predicted molar refractivity (Wildman–Crippen MR) is 203 cm³/mol. The predicted octanol–water partition coefficient (Wildman–Crippen LogP) is 7.80. The molecule has 0 aromatic heterocycles. The lowest BCUT2D eigenvalue weighted by Crippen LogP contribution is -2.27. The highest BCUT2D eigenvalue weighted by molar-refractivity contribution is 7.47. The number of hydrogen-bond donors (Lipinski definition) is 5. The minimum absolute atomic E-state index is 0.0423. The summed E-state index contributed by atoms with van der Waals surface area (Å²) in [5, 5.41) is 31.3. The van der Waals surface area contributed by atoms with Crippen molar-refractivity contribution in [1.82, 2.24) is 0 Å². The molecule has 0 aromatic rings. The van der Waals surface area contributed by atoms with E-state index in [2.05, 4.69) is 13.8 Å². The summed E-state index contributed by atoms with van der Waals surface area (Å²) in [6, 6.07) is 0. The summed E-state index contributed by atoms with van der Waals surface area (Å²) < 4.78 is 33.0. The maximum Gasteiger partial charge on any atom is 0.472 e. The number of carbonyl (C=O) groups excluding carboxylic acids is 1. The Bertz CT molecular complexity index is 993. The number of unbranched alkanes of at least 4 members (excludes halogenated alkanes) is 14. The lowest BCUT2D eigenvalue weighted by molar-refractivity contribution is -0.152. The molecule has 11 nitrogen and oxygen atoms in total. The number of esters is 1. The minimum Gasteiger partial charge on any atom is -0.498 e. The first-order chi connectivity index (χ1) is 24.6. The largest absolute Gasteiger partial charge is 0.498 e. The van der Waals surface area contributed by atoms with Crippen LogP contribution in [-0.2, 0) is 27.9 Å². The van der Waals surface area contributed by atoms with E-state index in [0.717, 1.165) is 38.5 Å². The molecular weight excluding hydrogens is 673 g/mol. The SMILES string of the molecule is CCCCCCCCCCCCCC/C=C/OC[C@H](COP(=O)(O)OCCN)OC(=O)C/C=C\C[C@H]1[C@@H](/C=C/[C@H](O)CCCCC)[C@H](O)C[C@@H]1O. The molecule has 0 saturated heterocycles. The number of allylic oxidation sites excluding steroid dienone is 2. The summed E-state index contributed by atoms with van der Waals surface area (Å²) in [7, 11) is -4.38. The van der Waals surface area contributed by atoms with Crippen molar-refractivity contribution in [3.63, 3.8) is 0 Å². The van der Waals surface area contributed by atoms with Gasteiger partial charge in [-0.2, -0.15) is 0 Å². The number of aliphatic hydroxyl groups is 3. The van der Waals surface area contributed by atoms with Crippen LogP contribution in [0.25, 0.3) is 0 Å². The number of carbonyl (C=O) groups is 1. The molecule has 1 aliphatic carbocycles. The number of nitrogens with two attached hydrogens (primary N) is 1.